The van der Waals surface area contributed by atoms with Gasteiger partial charge in [0.25, 0.3) is 0 Å². The van der Waals surface area contributed by atoms with E-state index in [1.165, 1.54) is 18.4 Å². The lowest BCUT2D eigenvalue weighted by molar-refractivity contribution is 0.110. The summed E-state index contributed by atoms with van der Waals surface area (Å²) in [5.74, 6) is 0.957. The molecule has 1 heterocycles. The molecule has 1 N–H and O–H groups in total. The molecule has 19 heavy (non-hydrogen) atoms. The maximum Gasteiger partial charge on any atom is 0.124 e. The molecule has 106 valence electrons. The van der Waals surface area contributed by atoms with E-state index in [0.29, 0.717) is 6.10 Å². The number of hydrogen-bond donors (Lipinski definition) is 1. The van der Waals surface area contributed by atoms with Gasteiger partial charge in [0.05, 0.1) is 12.2 Å². The van der Waals surface area contributed by atoms with E-state index < -0.39 is 0 Å². The van der Waals surface area contributed by atoms with Crippen molar-refractivity contribution in [3.63, 3.8) is 0 Å². The SMILES string of the molecule is CC(C)Oc1ccc(Br)cc1CNC[C@@H]1CCCO1. The number of benzene rings is 1. The Labute approximate surface area is 123 Å². The minimum absolute atomic E-state index is 0.193. The van der Waals surface area contributed by atoms with Crippen LogP contribution in [-0.4, -0.2) is 25.4 Å². The zero-order chi connectivity index (χ0) is 13.7. The third kappa shape index (κ3) is 4.79. The molecule has 0 spiro atoms. The Morgan fingerprint density at radius 3 is 3.00 bits per heavy atom. The summed E-state index contributed by atoms with van der Waals surface area (Å²) in [6, 6.07) is 6.15. The molecular weight excluding hydrogens is 306 g/mol. The van der Waals surface area contributed by atoms with Gasteiger partial charge in [-0.25, -0.2) is 0 Å². The van der Waals surface area contributed by atoms with Gasteiger partial charge in [-0.2, -0.15) is 0 Å². The molecule has 0 saturated carbocycles. The van der Waals surface area contributed by atoms with Crippen molar-refractivity contribution in [2.24, 2.45) is 0 Å². The summed E-state index contributed by atoms with van der Waals surface area (Å²) in [5, 5.41) is 3.46. The lowest BCUT2D eigenvalue weighted by Gasteiger charge is -2.16. The van der Waals surface area contributed by atoms with Gasteiger partial charge in [0.2, 0.25) is 0 Å². The monoisotopic (exact) mass is 327 g/mol. The van der Waals surface area contributed by atoms with Crippen molar-refractivity contribution in [2.75, 3.05) is 13.2 Å². The molecule has 0 aromatic heterocycles. The molecule has 1 aliphatic rings. The molecule has 1 atom stereocenters. The molecule has 0 aliphatic carbocycles. The Morgan fingerprint density at radius 2 is 2.32 bits per heavy atom. The van der Waals surface area contributed by atoms with Crippen LogP contribution in [-0.2, 0) is 11.3 Å². The van der Waals surface area contributed by atoms with Gasteiger partial charge in [0.15, 0.2) is 0 Å². The van der Waals surface area contributed by atoms with Crippen molar-refractivity contribution in [3.8, 4) is 5.75 Å². The second-order valence-corrected chi connectivity index (χ2v) is 6.10. The summed E-state index contributed by atoms with van der Waals surface area (Å²) >= 11 is 3.51. The van der Waals surface area contributed by atoms with Crippen LogP contribution in [0.25, 0.3) is 0 Å². The summed E-state index contributed by atoms with van der Waals surface area (Å²) < 4.78 is 12.5. The fourth-order valence-corrected chi connectivity index (χ4v) is 2.64. The van der Waals surface area contributed by atoms with Crippen LogP contribution in [0.15, 0.2) is 22.7 Å². The average molecular weight is 328 g/mol. The third-order valence-corrected chi connectivity index (χ3v) is 3.59. The Kier molecular flexibility index (Phi) is 5.67. The minimum atomic E-state index is 0.193. The van der Waals surface area contributed by atoms with Crippen LogP contribution >= 0.6 is 15.9 Å². The predicted molar refractivity (Wildman–Crippen MR) is 80.6 cm³/mol. The minimum Gasteiger partial charge on any atom is -0.491 e. The van der Waals surface area contributed by atoms with Crippen LogP contribution in [0.2, 0.25) is 0 Å². The van der Waals surface area contributed by atoms with Gasteiger partial charge in [-0.1, -0.05) is 15.9 Å². The van der Waals surface area contributed by atoms with Crippen molar-refractivity contribution in [1.29, 1.82) is 0 Å². The number of rotatable bonds is 6. The molecule has 0 unspecified atom stereocenters. The van der Waals surface area contributed by atoms with Crippen molar-refractivity contribution in [2.45, 2.75) is 45.4 Å². The van der Waals surface area contributed by atoms with Crippen molar-refractivity contribution in [3.05, 3.63) is 28.2 Å². The largest absolute Gasteiger partial charge is 0.491 e. The highest BCUT2D eigenvalue weighted by atomic mass is 79.9. The second kappa shape index (κ2) is 7.27. The highest BCUT2D eigenvalue weighted by Crippen LogP contribution is 2.24. The Bertz CT molecular complexity index is 403. The zero-order valence-corrected chi connectivity index (χ0v) is 13.2. The molecular formula is C15H22BrNO2. The van der Waals surface area contributed by atoms with Crippen molar-refractivity contribution in [1.82, 2.24) is 5.32 Å². The number of nitrogens with one attached hydrogen (secondary N) is 1. The van der Waals surface area contributed by atoms with Crippen LogP contribution in [0.3, 0.4) is 0 Å². The van der Waals surface area contributed by atoms with Gasteiger partial charge in [-0.05, 0) is 44.9 Å². The van der Waals surface area contributed by atoms with E-state index in [1.807, 2.05) is 26.0 Å². The van der Waals surface area contributed by atoms with Crippen molar-refractivity contribution >= 4 is 15.9 Å². The predicted octanol–water partition coefficient (Wildman–Crippen LogP) is 3.50. The standard InChI is InChI=1S/C15H22BrNO2/c1-11(2)19-15-6-5-13(16)8-12(15)9-17-10-14-4-3-7-18-14/h5-6,8,11,14,17H,3-4,7,9-10H2,1-2H3/t14-/m0/s1. The summed E-state index contributed by atoms with van der Waals surface area (Å²) in [6.07, 6.45) is 2.92. The van der Waals surface area contributed by atoms with Gasteiger partial charge in [0, 0.05) is 29.7 Å². The molecule has 1 fully saturated rings. The highest BCUT2D eigenvalue weighted by molar-refractivity contribution is 9.10. The van der Waals surface area contributed by atoms with Crippen molar-refractivity contribution < 1.29 is 9.47 Å². The second-order valence-electron chi connectivity index (χ2n) is 5.18. The van der Waals surface area contributed by atoms with E-state index in [-0.39, 0.29) is 6.10 Å². The summed E-state index contributed by atoms with van der Waals surface area (Å²) in [4.78, 5) is 0. The van der Waals surface area contributed by atoms with E-state index in [9.17, 15) is 0 Å². The van der Waals surface area contributed by atoms with Gasteiger partial charge >= 0.3 is 0 Å². The molecule has 1 saturated heterocycles. The fourth-order valence-electron chi connectivity index (χ4n) is 2.23. The van der Waals surface area contributed by atoms with E-state index >= 15 is 0 Å². The highest BCUT2D eigenvalue weighted by Gasteiger charge is 2.15. The maximum atomic E-state index is 5.83. The van der Waals surface area contributed by atoms with Gasteiger partial charge < -0.3 is 14.8 Å². The molecule has 0 radical (unpaired) electrons. The molecule has 0 amide bonds. The average Bonchev–Trinajstić information content (AvgIpc) is 2.85. The van der Waals surface area contributed by atoms with Crippen LogP contribution in [0, 0.1) is 0 Å². The Hall–Kier alpha value is -0.580. The van der Waals surface area contributed by atoms with E-state index in [1.54, 1.807) is 0 Å². The van der Waals surface area contributed by atoms with E-state index in [0.717, 1.165) is 29.9 Å². The molecule has 3 nitrogen and oxygen atoms in total. The summed E-state index contributed by atoms with van der Waals surface area (Å²) in [7, 11) is 0. The van der Waals surface area contributed by atoms with Gasteiger partial charge in [-0.3, -0.25) is 0 Å². The van der Waals surface area contributed by atoms with Crippen LogP contribution in [0.4, 0.5) is 0 Å². The first kappa shape index (κ1) is 14.8. The zero-order valence-electron chi connectivity index (χ0n) is 11.6. The number of halogens is 1. The molecule has 4 heteroatoms. The molecule has 1 aromatic carbocycles. The lowest BCUT2D eigenvalue weighted by Crippen LogP contribution is -2.26. The smallest absolute Gasteiger partial charge is 0.124 e. The molecule has 2 rings (SSSR count). The quantitative estimate of drug-likeness (QED) is 0.867. The van der Waals surface area contributed by atoms with Gasteiger partial charge in [0.1, 0.15) is 5.75 Å². The van der Waals surface area contributed by atoms with Crippen LogP contribution in [0.1, 0.15) is 32.3 Å². The normalized spacial score (nSPS) is 19.1. The Morgan fingerprint density at radius 1 is 1.47 bits per heavy atom. The van der Waals surface area contributed by atoms with E-state index in [4.69, 9.17) is 9.47 Å². The number of ether oxygens (including phenoxy) is 2. The third-order valence-electron chi connectivity index (χ3n) is 3.10. The molecule has 1 aromatic rings. The lowest BCUT2D eigenvalue weighted by atomic mass is 10.2. The maximum absolute atomic E-state index is 5.83. The molecule has 0 bridgehead atoms. The first-order valence-corrected chi connectivity index (χ1v) is 7.72. The topological polar surface area (TPSA) is 30.5 Å². The first-order chi connectivity index (χ1) is 9.15. The first-order valence-electron chi connectivity index (χ1n) is 6.92. The number of hydrogen-bond acceptors (Lipinski definition) is 3. The van der Waals surface area contributed by atoms with Crippen LogP contribution in [0.5, 0.6) is 5.75 Å². The summed E-state index contributed by atoms with van der Waals surface area (Å²) in [5.41, 5.74) is 1.18. The van der Waals surface area contributed by atoms with Crippen LogP contribution < -0.4 is 10.1 Å². The van der Waals surface area contributed by atoms with E-state index in [2.05, 4.69) is 27.3 Å². The Balaban J connectivity index is 1.91. The van der Waals surface area contributed by atoms with Gasteiger partial charge in [-0.15, -0.1) is 0 Å². The molecule has 1 aliphatic heterocycles. The fraction of sp³-hybridized carbons (Fsp3) is 0.600. The summed E-state index contributed by atoms with van der Waals surface area (Å²) in [6.45, 7) is 6.72.